The Bertz CT molecular complexity index is 465. The molecule has 1 aromatic carbocycles. The van der Waals surface area contributed by atoms with Gasteiger partial charge in [-0.15, -0.1) is 0 Å². The summed E-state index contributed by atoms with van der Waals surface area (Å²) in [6.07, 6.45) is 1.30. The number of thioether (sulfide) groups is 1. The molecule has 1 heterocycles. The van der Waals surface area contributed by atoms with Crippen molar-refractivity contribution < 1.29 is 14.3 Å². The Morgan fingerprint density at radius 3 is 2.38 bits per heavy atom. The van der Waals surface area contributed by atoms with Crippen molar-refractivity contribution >= 4 is 23.6 Å². The highest BCUT2D eigenvalue weighted by molar-refractivity contribution is 8.04. The summed E-state index contributed by atoms with van der Waals surface area (Å²) in [6.45, 7) is 0. The molecule has 0 aromatic heterocycles. The lowest BCUT2D eigenvalue weighted by molar-refractivity contribution is -0.123. The molecule has 0 unspecified atom stereocenters. The smallest absolute Gasteiger partial charge is 0.265 e. The molecule has 0 spiro atoms. The third-order valence-electron chi connectivity index (χ3n) is 2.01. The number of methoxy groups -OCH3 is 1. The number of carbonyl (C=O) groups is 2. The van der Waals surface area contributed by atoms with E-state index in [-0.39, 0.29) is 11.8 Å². The van der Waals surface area contributed by atoms with Crippen molar-refractivity contribution in [3.05, 3.63) is 35.2 Å². The number of benzene rings is 1. The second-order valence-electron chi connectivity index (χ2n) is 3.10. The maximum Gasteiger partial charge on any atom is 0.265 e. The molecular weight excluding hydrogens is 226 g/mol. The Balaban J connectivity index is 2.12. The Hall–Kier alpha value is -1.75. The van der Waals surface area contributed by atoms with Gasteiger partial charge in [-0.05, 0) is 24.3 Å². The van der Waals surface area contributed by atoms with E-state index >= 15 is 0 Å². The SMILES string of the molecule is COc1ccc(SC2=CC(=O)NC2=O)cc1. The number of rotatable bonds is 3. The molecule has 2 rings (SSSR count). The summed E-state index contributed by atoms with van der Waals surface area (Å²) in [5.41, 5.74) is 0. The second-order valence-corrected chi connectivity index (χ2v) is 4.22. The van der Waals surface area contributed by atoms with Gasteiger partial charge >= 0.3 is 0 Å². The van der Waals surface area contributed by atoms with E-state index in [4.69, 9.17) is 4.74 Å². The standard InChI is InChI=1S/C11H9NO3S/c1-15-7-2-4-8(5-3-7)16-9-6-10(13)12-11(9)14/h2-6H,1H3,(H,12,13,14). The molecule has 0 bridgehead atoms. The number of imide groups is 1. The van der Waals surface area contributed by atoms with Gasteiger partial charge in [0, 0.05) is 11.0 Å². The summed E-state index contributed by atoms with van der Waals surface area (Å²) >= 11 is 1.25. The van der Waals surface area contributed by atoms with Gasteiger partial charge in [0.1, 0.15) is 5.75 Å². The van der Waals surface area contributed by atoms with Gasteiger partial charge in [-0.25, -0.2) is 0 Å². The van der Waals surface area contributed by atoms with Crippen LogP contribution in [-0.4, -0.2) is 18.9 Å². The highest BCUT2D eigenvalue weighted by atomic mass is 32.2. The highest BCUT2D eigenvalue weighted by Crippen LogP contribution is 2.29. The molecule has 1 aliphatic heterocycles. The van der Waals surface area contributed by atoms with E-state index in [0.29, 0.717) is 4.91 Å². The lowest BCUT2D eigenvalue weighted by Gasteiger charge is -2.02. The van der Waals surface area contributed by atoms with Crippen LogP contribution in [0, 0.1) is 0 Å². The average Bonchev–Trinajstić information content (AvgIpc) is 2.59. The topological polar surface area (TPSA) is 55.4 Å². The maximum absolute atomic E-state index is 11.3. The zero-order valence-electron chi connectivity index (χ0n) is 8.52. The fraction of sp³-hybridized carbons (Fsp3) is 0.0909. The quantitative estimate of drug-likeness (QED) is 0.803. The summed E-state index contributed by atoms with van der Waals surface area (Å²) in [5, 5.41) is 2.19. The van der Waals surface area contributed by atoms with Gasteiger partial charge in [0.15, 0.2) is 0 Å². The molecule has 2 amide bonds. The fourth-order valence-corrected chi connectivity index (χ4v) is 2.08. The first-order valence-corrected chi connectivity index (χ1v) is 5.39. The molecule has 0 fully saturated rings. The molecule has 4 nitrogen and oxygen atoms in total. The Morgan fingerprint density at radius 1 is 1.19 bits per heavy atom. The third kappa shape index (κ3) is 2.25. The van der Waals surface area contributed by atoms with Gasteiger partial charge in [-0.1, -0.05) is 11.8 Å². The number of amides is 2. The molecule has 1 N–H and O–H groups in total. The van der Waals surface area contributed by atoms with Gasteiger partial charge in [0.2, 0.25) is 0 Å². The number of carbonyl (C=O) groups excluding carboxylic acids is 2. The molecule has 0 radical (unpaired) electrons. The first kappa shape index (κ1) is 10.8. The molecule has 16 heavy (non-hydrogen) atoms. The lowest BCUT2D eigenvalue weighted by Crippen LogP contribution is -2.21. The predicted octanol–water partition coefficient (Wildman–Crippen LogP) is 1.33. The van der Waals surface area contributed by atoms with E-state index in [9.17, 15) is 9.59 Å². The van der Waals surface area contributed by atoms with Crippen LogP contribution in [0.3, 0.4) is 0 Å². The van der Waals surface area contributed by atoms with Crippen molar-refractivity contribution in [2.24, 2.45) is 0 Å². The molecule has 1 aromatic rings. The normalized spacial score (nSPS) is 14.7. The number of hydrogen-bond donors (Lipinski definition) is 1. The summed E-state index contributed by atoms with van der Waals surface area (Å²) in [5.74, 6) is 0.0529. The molecule has 0 saturated carbocycles. The minimum absolute atomic E-state index is 0.342. The van der Waals surface area contributed by atoms with Crippen LogP contribution in [-0.2, 0) is 9.59 Å². The molecule has 5 heteroatoms. The minimum Gasteiger partial charge on any atom is -0.497 e. The second kappa shape index (κ2) is 4.40. The van der Waals surface area contributed by atoms with E-state index in [1.807, 2.05) is 12.1 Å². The molecule has 1 aliphatic rings. The van der Waals surface area contributed by atoms with Crippen molar-refractivity contribution in [2.45, 2.75) is 4.90 Å². The van der Waals surface area contributed by atoms with Crippen molar-refractivity contribution in [3.63, 3.8) is 0 Å². The summed E-state index contributed by atoms with van der Waals surface area (Å²) < 4.78 is 5.02. The Labute approximate surface area is 96.7 Å². The predicted molar refractivity (Wildman–Crippen MR) is 60.1 cm³/mol. The third-order valence-corrected chi connectivity index (χ3v) is 3.04. The van der Waals surface area contributed by atoms with Gasteiger partial charge in [0.25, 0.3) is 11.8 Å². The van der Waals surface area contributed by atoms with Crippen LogP contribution in [0.5, 0.6) is 5.75 Å². The highest BCUT2D eigenvalue weighted by Gasteiger charge is 2.21. The zero-order chi connectivity index (χ0) is 11.5. The molecule has 82 valence electrons. The number of ether oxygens (including phenoxy) is 1. The van der Waals surface area contributed by atoms with Gasteiger partial charge in [0.05, 0.1) is 12.0 Å². The van der Waals surface area contributed by atoms with Gasteiger partial charge in [-0.2, -0.15) is 0 Å². The number of hydrogen-bond acceptors (Lipinski definition) is 4. The van der Waals surface area contributed by atoms with E-state index in [0.717, 1.165) is 10.6 Å². The van der Waals surface area contributed by atoms with Crippen LogP contribution < -0.4 is 10.1 Å². The number of nitrogens with one attached hydrogen (secondary N) is 1. The van der Waals surface area contributed by atoms with Crippen molar-refractivity contribution in [2.75, 3.05) is 7.11 Å². The first-order valence-electron chi connectivity index (χ1n) is 4.58. The monoisotopic (exact) mass is 235 g/mol. The van der Waals surface area contributed by atoms with Crippen LogP contribution >= 0.6 is 11.8 Å². The van der Waals surface area contributed by atoms with Crippen LogP contribution in [0.15, 0.2) is 40.1 Å². The molecular formula is C11H9NO3S. The van der Waals surface area contributed by atoms with Crippen LogP contribution in [0.4, 0.5) is 0 Å². The summed E-state index contributed by atoms with van der Waals surface area (Å²) in [7, 11) is 1.59. The average molecular weight is 235 g/mol. The lowest BCUT2D eigenvalue weighted by atomic mass is 10.3. The van der Waals surface area contributed by atoms with E-state index in [1.165, 1.54) is 17.8 Å². The fourth-order valence-electron chi connectivity index (χ4n) is 1.24. The Kier molecular flexibility index (Phi) is 2.96. The molecule has 0 saturated heterocycles. The van der Waals surface area contributed by atoms with Crippen LogP contribution in [0.25, 0.3) is 0 Å². The first-order chi connectivity index (χ1) is 7.69. The van der Waals surface area contributed by atoms with Crippen molar-refractivity contribution in [3.8, 4) is 5.75 Å². The van der Waals surface area contributed by atoms with E-state index in [2.05, 4.69) is 5.32 Å². The minimum atomic E-state index is -0.360. The Morgan fingerprint density at radius 2 is 1.88 bits per heavy atom. The molecule has 0 atom stereocenters. The van der Waals surface area contributed by atoms with Crippen molar-refractivity contribution in [1.29, 1.82) is 0 Å². The maximum atomic E-state index is 11.3. The summed E-state index contributed by atoms with van der Waals surface area (Å²) in [6, 6.07) is 7.27. The molecule has 0 aliphatic carbocycles. The van der Waals surface area contributed by atoms with Crippen molar-refractivity contribution in [1.82, 2.24) is 5.32 Å². The van der Waals surface area contributed by atoms with Crippen LogP contribution in [0.1, 0.15) is 0 Å². The summed E-state index contributed by atoms with van der Waals surface area (Å²) in [4.78, 5) is 23.5. The van der Waals surface area contributed by atoms with Gasteiger partial charge < -0.3 is 4.74 Å². The van der Waals surface area contributed by atoms with Crippen LogP contribution in [0.2, 0.25) is 0 Å². The van der Waals surface area contributed by atoms with Gasteiger partial charge in [-0.3, -0.25) is 14.9 Å². The zero-order valence-corrected chi connectivity index (χ0v) is 9.34. The van der Waals surface area contributed by atoms with E-state index in [1.54, 1.807) is 19.2 Å². The van der Waals surface area contributed by atoms with E-state index < -0.39 is 0 Å². The largest absolute Gasteiger partial charge is 0.497 e.